The molecule has 9 nitrogen and oxygen atoms in total. The van der Waals surface area contributed by atoms with Crippen molar-refractivity contribution in [3.63, 3.8) is 0 Å². The molecule has 3 aliphatic rings. The van der Waals surface area contributed by atoms with Crippen LogP contribution in [0.15, 0.2) is 18.3 Å². The van der Waals surface area contributed by atoms with Crippen molar-refractivity contribution in [1.29, 1.82) is 0 Å². The minimum atomic E-state index is -1.01. The summed E-state index contributed by atoms with van der Waals surface area (Å²) >= 11 is 0. The van der Waals surface area contributed by atoms with Crippen LogP contribution in [-0.4, -0.2) is 57.0 Å². The standard InChI is InChI=1S/C27H37N5O4/c1-32-24-15-19(5-6-20(24)16-29-32)26(33)31-23(27(34)35)10-12-36-22-13-17(14-22)4-8-21-9-7-18-3-2-11-28-25(18)30-21/h7,9,16-17,19,22-23H,2-6,8,10-15H2,1H3,(H,28,30)(H,31,33)(H,34,35)/t17?,19-,22?,23+/m1/s1. The smallest absolute Gasteiger partial charge is 0.326 e. The number of nitrogens with one attached hydrogen (secondary N) is 2. The van der Waals surface area contributed by atoms with Crippen LogP contribution in [0.2, 0.25) is 0 Å². The van der Waals surface area contributed by atoms with Crippen molar-refractivity contribution in [3.05, 3.63) is 40.8 Å². The van der Waals surface area contributed by atoms with Crippen LogP contribution in [0, 0.1) is 11.8 Å². The largest absolute Gasteiger partial charge is 0.480 e. The van der Waals surface area contributed by atoms with Gasteiger partial charge in [0.15, 0.2) is 0 Å². The van der Waals surface area contributed by atoms with Gasteiger partial charge in [0.25, 0.3) is 0 Å². The van der Waals surface area contributed by atoms with E-state index in [9.17, 15) is 14.7 Å². The van der Waals surface area contributed by atoms with Crippen molar-refractivity contribution in [2.45, 2.75) is 76.4 Å². The fourth-order valence-corrected chi connectivity index (χ4v) is 5.68. The average molecular weight is 496 g/mol. The second kappa shape index (κ2) is 11.0. The molecule has 1 fully saturated rings. The Bertz CT molecular complexity index is 1090. The van der Waals surface area contributed by atoms with Gasteiger partial charge in [0.1, 0.15) is 11.9 Å². The summed E-state index contributed by atoms with van der Waals surface area (Å²) in [5.41, 5.74) is 4.71. The fourth-order valence-electron chi connectivity index (χ4n) is 5.68. The summed E-state index contributed by atoms with van der Waals surface area (Å²) in [6, 6.07) is 3.44. The molecule has 3 heterocycles. The van der Waals surface area contributed by atoms with Crippen LogP contribution >= 0.6 is 0 Å². The number of aryl methyl sites for hydroxylation is 4. The van der Waals surface area contributed by atoms with Gasteiger partial charge < -0.3 is 20.5 Å². The number of fused-ring (bicyclic) bond motifs is 2. The molecule has 1 aliphatic heterocycles. The number of carbonyl (C=O) groups excluding carboxylic acids is 1. The number of anilines is 1. The molecule has 9 heteroatoms. The molecule has 0 saturated heterocycles. The van der Waals surface area contributed by atoms with Crippen molar-refractivity contribution < 1.29 is 19.4 Å². The topological polar surface area (TPSA) is 118 Å². The lowest BCUT2D eigenvalue weighted by Gasteiger charge is -2.35. The summed E-state index contributed by atoms with van der Waals surface area (Å²) in [5, 5.41) is 20.0. The number of ether oxygens (including phenoxy) is 1. The van der Waals surface area contributed by atoms with E-state index in [2.05, 4.69) is 27.9 Å². The number of aromatic nitrogens is 3. The molecule has 2 aromatic heterocycles. The highest BCUT2D eigenvalue weighted by Crippen LogP contribution is 2.34. The van der Waals surface area contributed by atoms with E-state index in [-0.39, 0.29) is 24.3 Å². The number of carboxylic acid groups (broad SMARTS) is 1. The SMILES string of the molecule is Cn1ncc2c1C[C@H](C(=O)N[C@@H](CCOC1CC(CCc3ccc4c(n3)NCCC4)C1)C(=O)O)CC2. The molecule has 2 aliphatic carbocycles. The number of pyridine rings is 1. The van der Waals surface area contributed by atoms with Gasteiger partial charge in [0, 0.05) is 50.3 Å². The van der Waals surface area contributed by atoms with Crippen molar-refractivity contribution in [2.75, 3.05) is 18.5 Å². The molecule has 3 N–H and O–H groups in total. The number of carbonyl (C=O) groups is 2. The van der Waals surface area contributed by atoms with Crippen molar-refractivity contribution >= 4 is 17.7 Å². The summed E-state index contributed by atoms with van der Waals surface area (Å²) in [4.78, 5) is 29.3. The molecule has 1 amide bonds. The van der Waals surface area contributed by atoms with Crippen LogP contribution in [0.5, 0.6) is 0 Å². The van der Waals surface area contributed by atoms with E-state index in [1.54, 1.807) is 0 Å². The molecule has 2 aromatic rings. The summed E-state index contributed by atoms with van der Waals surface area (Å²) in [6.45, 7) is 1.34. The summed E-state index contributed by atoms with van der Waals surface area (Å²) in [6.07, 6.45) is 10.8. The van der Waals surface area contributed by atoms with E-state index >= 15 is 0 Å². The molecule has 0 spiro atoms. The molecule has 2 atom stereocenters. The molecule has 5 rings (SSSR count). The highest BCUT2D eigenvalue weighted by molar-refractivity contribution is 5.85. The van der Waals surface area contributed by atoms with Gasteiger partial charge in [-0.3, -0.25) is 9.48 Å². The van der Waals surface area contributed by atoms with Gasteiger partial charge in [0.2, 0.25) is 5.91 Å². The predicted molar refractivity (Wildman–Crippen MR) is 135 cm³/mol. The number of nitrogens with zero attached hydrogens (tertiary/aromatic N) is 3. The van der Waals surface area contributed by atoms with Gasteiger partial charge in [-0.2, -0.15) is 5.10 Å². The number of aliphatic carboxylic acids is 1. The van der Waals surface area contributed by atoms with Gasteiger partial charge in [0.05, 0.1) is 12.3 Å². The minimum Gasteiger partial charge on any atom is -0.480 e. The van der Waals surface area contributed by atoms with Crippen LogP contribution in [-0.2, 0) is 47.1 Å². The highest BCUT2D eigenvalue weighted by Gasteiger charge is 2.32. The number of rotatable bonds is 10. The maximum absolute atomic E-state index is 12.8. The molecular weight excluding hydrogens is 458 g/mol. The zero-order chi connectivity index (χ0) is 25.1. The molecule has 0 unspecified atom stereocenters. The molecular formula is C27H37N5O4. The van der Waals surface area contributed by atoms with Gasteiger partial charge in [-0.25, -0.2) is 9.78 Å². The monoisotopic (exact) mass is 495 g/mol. The Labute approximate surface area is 212 Å². The van der Waals surface area contributed by atoms with Crippen molar-refractivity contribution in [1.82, 2.24) is 20.1 Å². The van der Waals surface area contributed by atoms with E-state index in [0.29, 0.717) is 25.4 Å². The van der Waals surface area contributed by atoms with Crippen LogP contribution in [0.25, 0.3) is 0 Å². The van der Waals surface area contributed by atoms with Gasteiger partial charge >= 0.3 is 5.97 Å². The van der Waals surface area contributed by atoms with Crippen LogP contribution in [0.3, 0.4) is 0 Å². The molecule has 0 radical (unpaired) electrons. The van der Waals surface area contributed by atoms with Crippen LogP contribution < -0.4 is 10.6 Å². The third-order valence-corrected chi connectivity index (χ3v) is 8.05. The zero-order valence-electron chi connectivity index (χ0n) is 21.0. The Morgan fingerprint density at radius 2 is 2.14 bits per heavy atom. The van der Waals surface area contributed by atoms with Crippen molar-refractivity contribution in [2.24, 2.45) is 18.9 Å². The Balaban J connectivity index is 1.00. The highest BCUT2D eigenvalue weighted by atomic mass is 16.5. The Kier molecular flexibility index (Phi) is 7.55. The van der Waals surface area contributed by atoms with Gasteiger partial charge in [-0.1, -0.05) is 6.07 Å². The summed E-state index contributed by atoms with van der Waals surface area (Å²) in [7, 11) is 1.88. The van der Waals surface area contributed by atoms with Gasteiger partial charge in [-0.05, 0) is 74.5 Å². The van der Waals surface area contributed by atoms with Crippen molar-refractivity contribution in [3.8, 4) is 0 Å². The zero-order valence-corrected chi connectivity index (χ0v) is 21.0. The number of carboxylic acids is 1. The second-order valence-corrected chi connectivity index (χ2v) is 10.6. The van der Waals surface area contributed by atoms with Crippen LogP contribution in [0.4, 0.5) is 5.82 Å². The predicted octanol–water partition coefficient (Wildman–Crippen LogP) is 2.67. The van der Waals surface area contributed by atoms with Crippen LogP contribution in [0.1, 0.15) is 61.0 Å². The first-order valence-electron chi connectivity index (χ1n) is 13.3. The first kappa shape index (κ1) is 24.7. The second-order valence-electron chi connectivity index (χ2n) is 10.6. The first-order valence-corrected chi connectivity index (χ1v) is 13.3. The third kappa shape index (κ3) is 5.72. The number of hydrogen-bond donors (Lipinski definition) is 3. The summed E-state index contributed by atoms with van der Waals surface area (Å²) in [5.74, 6) is 0.257. The molecule has 36 heavy (non-hydrogen) atoms. The quantitative estimate of drug-likeness (QED) is 0.464. The van der Waals surface area contributed by atoms with E-state index in [1.165, 1.54) is 17.5 Å². The maximum Gasteiger partial charge on any atom is 0.326 e. The number of hydrogen-bond acceptors (Lipinski definition) is 6. The number of amides is 1. The third-order valence-electron chi connectivity index (χ3n) is 8.05. The molecule has 0 aromatic carbocycles. The lowest BCUT2D eigenvalue weighted by atomic mass is 9.79. The Hall–Kier alpha value is -2.94. The Morgan fingerprint density at radius 1 is 1.28 bits per heavy atom. The fraction of sp³-hybridized carbons (Fsp3) is 0.630. The lowest BCUT2D eigenvalue weighted by molar-refractivity contribution is -0.143. The van der Waals surface area contributed by atoms with Gasteiger partial charge in [-0.15, -0.1) is 0 Å². The first-order chi connectivity index (χ1) is 17.5. The Morgan fingerprint density at radius 3 is 2.97 bits per heavy atom. The molecule has 0 bridgehead atoms. The maximum atomic E-state index is 12.8. The van der Waals surface area contributed by atoms with E-state index in [1.807, 2.05) is 17.9 Å². The normalized spacial score (nSPS) is 23.5. The molecule has 194 valence electrons. The average Bonchev–Trinajstić information content (AvgIpc) is 3.23. The van der Waals surface area contributed by atoms with E-state index < -0.39 is 12.0 Å². The van der Waals surface area contributed by atoms with E-state index in [4.69, 9.17) is 9.72 Å². The molecule has 1 saturated carbocycles. The summed E-state index contributed by atoms with van der Waals surface area (Å²) < 4.78 is 7.75. The minimum absolute atomic E-state index is 0.180. The van der Waals surface area contributed by atoms with E-state index in [0.717, 1.165) is 62.3 Å². The lowest BCUT2D eigenvalue weighted by Crippen LogP contribution is -2.45.